The van der Waals surface area contributed by atoms with Crippen LogP contribution in [0.5, 0.6) is 0 Å². The molecule has 1 fully saturated rings. The first kappa shape index (κ1) is 13.5. The molecular formula is C10H13NO5S2. The average Bonchev–Trinajstić information content (AvgIpc) is 2.98. The van der Waals surface area contributed by atoms with Gasteiger partial charge in [-0.15, -0.1) is 11.3 Å². The van der Waals surface area contributed by atoms with Gasteiger partial charge in [-0.25, -0.2) is 17.9 Å². The molecule has 0 spiro atoms. The monoisotopic (exact) mass is 291 g/mol. The SMILES string of the molecule is O=C(O)c1sccc1S(=O)(=O)NC[C@@H]1CCCO1. The Bertz CT molecular complexity index is 530. The van der Waals surface area contributed by atoms with Crippen molar-refractivity contribution >= 4 is 27.3 Å². The second-order valence-corrected chi connectivity index (χ2v) is 6.56. The smallest absolute Gasteiger partial charge is 0.347 e. The number of aromatic carboxylic acids is 1. The van der Waals surface area contributed by atoms with E-state index < -0.39 is 16.0 Å². The first-order valence-corrected chi connectivity index (χ1v) is 7.79. The Labute approximate surface area is 109 Å². The van der Waals surface area contributed by atoms with E-state index in [1.165, 1.54) is 11.4 Å². The molecule has 6 nitrogen and oxygen atoms in total. The zero-order valence-corrected chi connectivity index (χ0v) is 11.1. The number of ether oxygens (including phenoxy) is 1. The molecule has 0 aliphatic carbocycles. The van der Waals surface area contributed by atoms with Crippen LogP contribution in [0.2, 0.25) is 0 Å². The van der Waals surface area contributed by atoms with E-state index in [-0.39, 0.29) is 22.4 Å². The number of nitrogens with one attached hydrogen (secondary N) is 1. The van der Waals surface area contributed by atoms with Crippen LogP contribution in [0.25, 0.3) is 0 Å². The number of hydrogen-bond acceptors (Lipinski definition) is 5. The molecule has 1 atom stereocenters. The van der Waals surface area contributed by atoms with Crippen molar-refractivity contribution in [1.29, 1.82) is 0 Å². The van der Waals surface area contributed by atoms with Crippen LogP contribution in [0.15, 0.2) is 16.3 Å². The fourth-order valence-electron chi connectivity index (χ4n) is 1.75. The zero-order chi connectivity index (χ0) is 13.2. The molecule has 1 aliphatic rings. The maximum Gasteiger partial charge on any atom is 0.347 e. The number of carboxylic acid groups (broad SMARTS) is 1. The van der Waals surface area contributed by atoms with Crippen LogP contribution in [-0.4, -0.2) is 38.7 Å². The highest BCUT2D eigenvalue weighted by molar-refractivity contribution is 7.89. The lowest BCUT2D eigenvalue weighted by Gasteiger charge is -2.11. The highest BCUT2D eigenvalue weighted by Crippen LogP contribution is 2.22. The summed E-state index contributed by atoms with van der Waals surface area (Å²) in [6, 6.07) is 1.30. The molecule has 0 saturated carbocycles. The van der Waals surface area contributed by atoms with E-state index >= 15 is 0 Å². The topological polar surface area (TPSA) is 92.7 Å². The van der Waals surface area contributed by atoms with Gasteiger partial charge >= 0.3 is 5.97 Å². The van der Waals surface area contributed by atoms with Crippen LogP contribution in [0.1, 0.15) is 22.5 Å². The van der Waals surface area contributed by atoms with Crippen molar-refractivity contribution in [3.8, 4) is 0 Å². The summed E-state index contributed by atoms with van der Waals surface area (Å²) in [5, 5.41) is 10.3. The van der Waals surface area contributed by atoms with Crippen LogP contribution < -0.4 is 4.72 Å². The third kappa shape index (κ3) is 2.89. The van der Waals surface area contributed by atoms with Gasteiger partial charge in [0.1, 0.15) is 9.77 Å². The lowest BCUT2D eigenvalue weighted by molar-refractivity contribution is 0.0698. The summed E-state index contributed by atoms with van der Waals surface area (Å²) in [5.74, 6) is -1.23. The zero-order valence-electron chi connectivity index (χ0n) is 9.46. The first-order valence-electron chi connectivity index (χ1n) is 5.43. The van der Waals surface area contributed by atoms with Crippen molar-refractivity contribution in [2.24, 2.45) is 0 Å². The number of hydrogen-bond donors (Lipinski definition) is 2. The lowest BCUT2D eigenvalue weighted by atomic mass is 10.2. The van der Waals surface area contributed by atoms with Crippen molar-refractivity contribution in [1.82, 2.24) is 4.72 Å². The first-order chi connectivity index (χ1) is 8.50. The summed E-state index contributed by atoms with van der Waals surface area (Å²) in [4.78, 5) is 10.5. The van der Waals surface area contributed by atoms with E-state index in [0.717, 1.165) is 24.2 Å². The molecule has 1 aliphatic heterocycles. The average molecular weight is 291 g/mol. The number of rotatable bonds is 5. The maximum absolute atomic E-state index is 12.0. The van der Waals surface area contributed by atoms with E-state index in [0.29, 0.717) is 6.61 Å². The molecule has 0 unspecified atom stereocenters. The van der Waals surface area contributed by atoms with Crippen LogP contribution in [0, 0.1) is 0 Å². The summed E-state index contributed by atoms with van der Waals surface area (Å²) in [6.45, 7) is 0.822. The quantitative estimate of drug-likeness (QED) is 0.841. The molecule has 0 aromatic carbocycles. The molecule has 0 amide bonds. The highest BCUT2D eigenvalue weighted by Gasteiger charge is 2.25. The van der Waals surface area contributed by atoms with Crippen molar-refractivity contribution in [3.05, 3.63) is 16.3 Å². The molecule has 18 heavy (non-hydrogen) atoms. The number of thiophene rings is 1. The lowest BCUT2D eigenvalue weighted by Crippen LogP contribution is -2.32. The fourth-order valence-corrected chi connectivity index (χ4v) is 4.07. The summed E-state index contributed by atoms with van der Waals surface area (Å²) in [6.07, 6.45) is 1.62. The van der Waals surface area contributed by atoms with Gasteiger partial charge in [-0.3, -0.25) is 0 Å². The minimum atomic E-state index is -3.78. The van der Waals surface area contributed by atoms with Gasteiger partial charge in [0.25, 0.3) is 0 Å². The Hall–Kier alpha value is -0.960. The van der Waals surface area contributed by atoms with Crippen LogP contribution in [0.3, 0.4) is 0 Å². The Balaban J connectivity index is 2.09. The molecule has 8 heteroatoms. The van der Waals surface area contributed by atoms with Crippen molar-refractivity contribution in [2.45, 2.75) is 23.8 Å². The molecule has 2 rings (SSSR count). The highest BCUT2D eigenvalue weighted by atomic mass is 32.2. The van der Waals surface area contributed by atoms with E-state index in [9.17, 15) is 13.2 Å². The predicted octanol–water partition coefficient (Wildman–Crippen LogP) is 0.904. The second-order valence-electron chi connectivity index (χ2n) is 3.91. The van der Waals surface area contributed by atoms with Gasteiger partial charge in [0.05, 0.1) is 6.10 Å². The molecule has 1 aromatic heterocycles. The summed E-state index contributed by atoms with van der Waals surface area (Å²) < 4.78 is 31.6. The largest absolute Gasteiger partial charge is 0.477 e. The minimum absolute atomic E-state index is 0.119. The number of carboxylic acids is 1. The Kier molecular flexibility index (Phi) is 4.00. The Morgan fingerprint density at radius 2 is 2.39 bits per heavy atom. The number of carbonyl (C=O) groups is 1. The summed E-state index contributed by atoms with van der Waals surface area (Å²) >= 11 is 0.893. The van der Waals surface area contributed by atoms with E-state index in [1.807, 2.05) is 0 Å². The van der Waals surface area contributed by atoms with Gasteiger partial charge in [0.15, 0.2) is 0 Å². The molecule has 2 heterocycles. The predicted molar refractivity (Wildman–Crippen MR) is 65.4 cm³/mol. The van der Waals surface area contributed by atoms with Gasteiger partial charge in [0.2, 0.25) is 10.0 Å². The Morgan fingerprint density at radius 3 is 3.00 bits per heavy atom. The molecule has 1 saturated heterocycles. The Morgan fingerprint density at radius 1 is 1.61 bits per heavy atom. The van der Waals surface area contributed by atoms with Gasteiger partial charge in [-0.2, -0.15) is 0 Å². The van der Waals surface area contributed by atoms with E-state index in [4.69, 9.17) is 9.84 Å². The standard InChI is InChI=1S/C10H13NO5S2/c12-10(13)9-8(3-5-17-9)18(14,15)11-6-7-2-1-4-16-7/h3,5,7,11H,1-2,4,6H2,(H,12,13)/t7-/m0/s1. The van der Waals surface area contributed by atoms with Crippen molar-refractivity contribution in [2.75, 3.05) is 13.2 Å². The van der Waals surface area contributed by atoms with Crippen LogP contribution >= 0.6 is 11.3 Å². The molecular weight excluding hydrogens is 278 g/mol. The van der Waals surface area contributed by atoms with Gasteiger partial charge in [-0.1, -0.05) is 0 Å². The van der Waals surface area contributed by atoms with Crippen LogP contribution in [-0.2, 0) is 14.8 Å². The third-order valence-corrected chi connectivity index (χ3v) is 5.14. The van der Waals surface area contributed by atoms with Gasteiger partial charge in [-0.05, 0) is 24.3 Å². The minimum Gasteiger partial charge on any atom is -0.477 e. The van der Waals surface area contributed by atoms with Crippen molar-refractivity contribution in [3.63, 3.8) is 0 Å². The maximum atomic E-state index is 12.0. The second kappa shape index (κ2) is 5.35. The molecule has 1 aromatic rings. The van der Waals surface area contributed by atoms with E-state index in [2.05, 4.69) is 4.72 Å². The summed E-state index contributed by atoms with van der Waals surface area (Å²) in [5.41, 5.74) is 0. The fraction of sp³-hybridized carbons (Fsp3) is 0.500. The van der Waals surface area contributed by atoms with Crippen molar-refractivity contribution < 1.29 is 23.1 Å². The number of sulfonamides is 1. The van der Waals surface area contributed by atoms with Crippen LogP contribution in [0.4, 0.5) is 0 Å². The molecule has 2 N–H and O–H groups in total. The molecule has 0 radical (unpaired) electrons. The third-order valence-electron chi connectivity index (χ3n) is 2.64. The molecule has 100 valence electrons. The normalized spacial score (nSPS) is 20.1. The van der Waals surface area contributed by atoms with Gasteiger partial charge in [0, 0.05) is 13.2 Å². The molecule has 0 bridgehead atoms. The van der Waals surface area contributed by atoms with Gasteiger partial charge < -0.3 is 9.84 Å². The summed E-state index contributed by atoms with van der Waals surface area (Å²) in [7, 11) is -3.78. The van der Waals surface area contributed by atoms with E-state index in [1.54, 1.807) is 0 Å².